The maximum absolute atomic E-state index is 12.2. The Morgan fingerprint density at radius 2 is 2.00 bits per heavy atom. The first-order chi connectivity index (χ1) is 8.58. The Morgan fingerprint density at radius 3 is 2.67 bits per heavy atom. The van der Waals surface area contributed by atoms with Crippen molar-refractivity contribution in [2.75, 3.05) is 13.1 Å². The fourth-order valence-electron chi connectivity index (χ4n) is 2.18. The lowest BCUT2D eigenvalue weighted by molar-refractivity contribution is 0.0709. The Bertz CT molecular complexity index is 473. The minimum atomic E-state index is -0.528. The summed E-state index contributed by atoms with van der Waals surface area (Å²) in [6.07, 6.45) is 1.87. The Morgan fingerprint density at radius 1 is 1.28 bits per heavy atom. The van der Waals surface area contributed by atoms with Gasteiger partial charge >= 0.3 is 0 Å². The quantitative estimate of drug-likeness (QED) is 0.790. The number of benzene rings is 1. The van der Waals surface area contributed by atoms with Gasteiger partial charge in [-0.05, 0) is 31.0 Å². The van der Waals surface area contributed by atoms with Gasteiger partial charge in [-0.1, -0.05) is 6.07 Å². The standard InChI is InChI=1S/C13H17N3O2/c14-11-5-2-6-16(8-11)13(18)10-4-1-3-9(7-10)12(15)17/h1,3-4,7,11H,2,5-6,8,14H2,(H2,15,17). The van der Waals surface area contributed by atoms with Gasteiger partial charge in [0.2, 0.25) is 5.91 Å². The van der Waals surface area contributed by atoms with Crippen molar-refractivity contribution in [1.82, 2.24) is 4.90 Å². The van der Waals surface area contributed by atoms with Gasteiger partial charge in [0.25, 0.3) is 5.91 Å². The van der Waals surface area contributed by atoms with Crippen LogP contribution in [-0.2, 0) is 0 Å². The largest absolute Gasteiger partial charge is 0.366 e. The van der Waals surface area contributed by atoms with E-state index in [0.29, 0.717) is 24.2 Å². The van der Waals surface area contributed by atoms with Crippen LogP contribution in [0.1, 0.15) is 33.6 Å². The molecule has 2 amide bonds. The molecule has 1 heterocycles. The van der Waals surface area contributed by atoms with Crippen molar-refractivity contribution < 1.29 is 9.59 Å². The van der Waals surface area contributed by atoms with Crippen LogP contribution in [0.2, 0.25) is 0 Å². The molecule has 0 spiro atoms. The first-order valence-corrected chi connectivity index (χ1v) is 6.02. The summed E-state index contributed by atoms with van der Waals surface area (Å²) in [5.74, 6) is -0.617. The fraction of sp³-hybridized carbons (Fsp3) is 0.385. The SMILES string of the molecule is NC(=O)c1cccc(C(=O)N2CCCC(N)C2)c1. The summed E-state index contributed by atoms with van der Waals surface area (Å²) in [4.78, 5) is 25.1. The molecule has 4 N–H and O–H groups in total. The van der Waals surface area contributed by atoms with E-state index in [9.17, 15) is 9.59 Å². The van der Waals surface area contributed by atoms with Gasteiger partial charge in [-0.15, -0.1) is 0 Å². The molecular formula is C13H17N3O2. The number of primary amides is 1. The highest BCUT2D eigenvalue weighted by atomic mass is 16.2. The van der Waals surface area contributed by atoms with Gasteiger partial charge in [0.05, 0.1) is 0 Å². The Labute approximate surface area is 106 Å². The van der Waals surface area contributed by atoms with Gasteiger partial charge in [-0.2, -0.15) is 0 Å². The maximum Gasteiger partial charge on any atom is 0.253 e. The zero-order valence-electron chi connectivity index (χ0n) is 10.1. The van der Waals surface area contributed by atoms with Crippen LogP contribution in [0.3, 0.4) is 0 Å². The van der Waals surface area contributed by atoms with Crippen LogP contribution in [0.25, 0.3) is 0 Å². The number of nitrogens with zero attached hydrogens (tertiary/aromatic N) is 1. The van der Waals surface area contributed by atoms with Crippen LogP contribution in [0.15, 0.2) is 24.3 Å². The average molecular weight is 247 g/mol. The van der Waals surface area contributed by atoms with E-state index >= 15 is 0 Å². The average Bonchev–Trinajstić information content (AvgIpc) is 2.38. The van der Waals surface area contributed by atoms with Gasteiger partial charge < -0.3 is 16.4 Å². The summed E-state index contributed by atoms with van der Waals surface area (Å²) in [6.45, 7) is 1.28. The third-order valence-corrected chi connectivity index (χ3v) is 3.14. The summed E-state index contributed by atoms with van der Waals surface area (Å²) in [7, 11) is 0. The topological polar surface area (TPSA) is 89.4 Å². The van der Waals surface area contributed by atoms with E-state index in [1.54, 1.807) is 23.1 Å². The molecule has 2 rings (SSSR count). The van der Waals surface area contributed by atoms with Gasteiger partial charge in [0.1, 0.15) is 0 Å². The summed E-state index contributed by atoms with van der Waals surface area (Å²) in [5.41, 5.74) is 11.9. The molecule has 18 heavy (non-hydrogen) atoms. The summed E-state index contributed by atoms with van der Waals surface area (Å²) >= 11 is 0. The number of carbonyl (C=O) groups is 2. The molecule has 0 aliphatic carbocycles. The van der Waals surface area contributed by atoms with Crippen molar-refractivity contribution in [3.8, 4) is 0 Å². The van der Waals surface area contributed by atoms with Crippen molar-refractivity contribution in [2.45, 2.75) is 18.9 Å². The molecule has 96 valence electrons. The van der Waals surface area contributed by atoms with Gasteiger partial charge in [0, 0.05) is 30.3 Å². The molecule has 0 radical (unpaired) electrons. The lowest BCUT2D eigenvalue weighted by Gasteiger charge is -2.30. The van der Waals surface area contributed by atoms with E-state index in [1.165, 1.54) is 6.07 Å². The minimum absolute atomic E-state index is 0.0435. The molecule has 1 aromatic rings. The number of amides is 2. The summed E-state index contributed by atoms with van der Waals surface area (Å²) < 4.78 is 0. The normalized spacial score (nSPS) is 19.6. The molecule has 1 aromatic carbocycles. The smallest absolute Gasteiger partial charge is 0.253 e. The lowest BCUT2D eigenvalue weighted by atomic mass is 10.0. The highest BCUT2D eigenvalue weighted by Crippen LogP contribution is 2.13. The van der Waals surface area contributed by atoms with E-state index in [4.69, 9.17) is 11.5 Å². The number of rotatable bonds is 2. The molecular weight excluding hydrogens is 230 g/mol. The van der Waals surface area contributed by atoms with Crippen molar-refractivity contribution in [3.05, 3.63) is 35.4 Å². The summed E-state index contributed by atoms with van der Waals surface area (Å²) in [5, 5.41) is 0. The zero-order chi connectivity index (χ0) is 13.1. The molecule has 0 saturated carbocycles. The molecule has 1 unspecified atom stereocenters. The maximum atomic E-state index is 12.2. The number of carbonyl (C=O) groups excluding carboxylic acids is 2. The van der Waals surface area contributed by atoms with E-state index in [0.717, 1.165) is 12.8 Å². The van der Waals surface area contributed by atoms with Crippen molar-refractivity contribution in [1.29, 1.82) is 0 Å². The molecule has 1 aliphatic rings. The van der Waals surface area contributed by atoms with E-state index in [2.05, 4.69) is 0 Å². The molecule has 1 atom stereocenters. The van der Waals surface area contributed by atoms with Crippen LogP contribution in [0.5, 0.6) is 0 Å². The fourth-order valence-corrected chi connectivity index (χ4v) is 2.18. The van der Waals surface area contributed by atoms with Gasteiger partial charge in [-0.25, -0.2) is 0 Å². The Hall–Kier alpha value is -1.88. The zero-order valence-corrected chi connectivity index (χ0v) is 10.1. The predicted molar refractivity (Wildman–Crippen MR) is 68.1 cm³/mol. The Kier molecular flexibility index (Phi) is 3.62. The van der Waals surface area contributed by atoms with Crippen LogP contribution in [0, 0.1) is 0 Å². The van der Waals surface area contributed by atoms with Gasteiger partial charge in [-0.3, -0.25) is 9.59 Å². The Balaban J connectivity index is 2.17. The first-order valence-electron chi connectivity index (χ1n) is 6.02. The number of likely N-dealkylation sites (tertiary alicyclic amines) is 1. The third kappa shape index (κ3) is 2.68. The van der Waals surface area contributed by atoms with E-state index in [1.807, 2.05) is 0 Å². The minimum Gasteiger partial charge on any atom is -0.366 e. The third-order valence-electron chi connectivity index (χ3n) is 3.14. The molecule has 5 heteroatoms. The number of nitrogens with two attached hydrogens (primary N) is 2. The lowest BCUT2D eigenvalue weighted by Crippen LogP contribution is -2.45. The summed E-state index contributed by atoms with van der Waals surface area (Å²) in [6, 6.07) is 6.53. The molecule has 0 bridgehead atoms. The van der Waals surface area contributed by atoms with Crippen molar-refractivity contribution in [3.63, 3.8) is 0 Å². The number of piperidine rings is 1. The van der Waals surface area contributed by atoms with Crippen LogP contribution in [-0.4, -0.2) is 35.8 Å². The predicted octanol–water partition coefficient (Wildman–Crippen LogP) is 0.349. The molecule has 1 aliphatic heterocycles. The monoisotopic (exact) mass is 247 g/mol. The highest BCUT2D eigenvalue weighted by Gasteiger charge is 2.22. The van der Waals surface area contributed by atoms with Crippen LogP contribution < -0.4 is 11.5 Å². The van der Waals surface area contributed by atoms with Gasteiger partial charge in [0.15, 0.2) is 0 Å². The number of hydrogen-bond donors (Lipinski definition) is 2. The van der Waals surface area contributed by atoms with E-state index < -0.39 is 5.91 Å². The van der Waals surface area contributed by atoms with Crippen LogP contribution in [0.4, 0.5) is 0 Å². The molecule has 0 aromatic heterocycles. The molecule has 5 nitrogen and oxygen atoms in total. The second-order valence-electron chi connectivity index (χ2n) is 4.60. The number of hydrogen-bond acceptors (Lipinski definition) is 3. The van der Waals surface area contributed by atoms with E-state index in [-0.39, 0.29) is 11.9 Å². The first kappa shape index (κ1) is 12.6. The van der Waals surface area contributed by atoms with Crippen molar-refractivity contribution in [2.24, 2.45) is 11.5 Å². The second kappa shape index (κ2) is 5.18. The second-order valence-corrected chi connectivity index (χ2v) is 4.60. The van der Waals surface area contributed by atoms with Crippen LogP contribution >= 0.6 is 0 Å². The molecule has 1 fully saturated rings. The van der Waals surface area contributed by atoms with Crippen molar-refractivity contribution >= 4 is 11.8 Å². The molecule has 1 saturated heterocycles. The highest BCUT2D eigenvalue weighted by molar-refractivity contribution is 5.99.